The molecular formula is C15H20N2O. The monoisotopic (exact) mass is 244 g/mol. The van der Waals surface area contributed by atoms with Gasteiger partial charge < -0.3 is 4.74 Å². The Balaban J connectivity index is 1.70. The summed E-state index contributed by atoms with van der Waals surface area (Å²) < 4.78 is 5.54. The molecule has 3 heteroatoms. The van der Waals surface area contributed by atoms with Crippen molar-refractivity contribution in [3.63, 3.8) is 0 Å². The van der Waals surface area contributed by atoms with Gasteiger partial charge in [-0.15, -0.1) is 0 Å². The molecular weight excluding hydrogens is 224 g/mol. The maximum atomic E-state index is 9.12. The summed E-state index contributed by atoms with van der Waals surface area (Å²) in [6.45, 7) is 1.67. The number of nitrogens with one attached hydrogen (secondary N) is 1. The number of aryl methyl sites for hydroxylation is 1. The van der Waals surface area contributed by atoms with E-state index in [1.54, 1.807) is 0 Å². The van der Waals surface area contributed by atoms with Crippen LogP contribution in [0.15, 0.2) is 30.3 Å². The standard InChI is InChI=1S/C15H20N2O/c16-11-14(17-12-15-7-4-10-18-15)9-8-13-5-2-1-3-6-13/h1-3,5-6,14-15,17H,4,7-10,12H2. The second kappa shape index (κ2) is 7.15. The molecule has 1 fully saturated rings. The zero-order valence-corrected chi connectivity index (χ0v) is 10.6. The molecule has 96 valence electrons. The second-order valence-corrected chi connectivity index (χ2v) is 4.75. The lowest BCUT2D eigenvalue weighted by molar-refractivity contribution is 0.108. The highest BCUT2D eigenvalue weighted by molar-refractivity contribution is 5.15. The lowest BCUT2D eigenvalue weighted by atomic mass is 10.1. The minimum absolute atomic E-state index is 0.0746. The minimum Gasteiger partial charge on any atom is -0.377 e. The molecule has 0 aromatic heterocycles. The Morgan fingerprint density at radius 3 is 2.89 bits per heavy atom. The molecule has 0 amide bonds. The van der Waals surface area contributed by atoms with Crippen LogP contribution in [0.5, 0.6) is 0 Å². The number of nitriles is 1. The Bertz CT molecular complexity index is 379. The van der Waals surface area contributed by atoms with Gasteiger partial charge >= 0.3 is 0 Å². The van der Waals surface area contributed by atoms with E-state index in [0.717, 1.165) is 38.8 Å². The molecule has 1 aromatic carbocycles. The van der Waals surface area contributed by atoms with Crippen LogP contribution in [0.3, 0.4) is 0 Å². The number of hydrogen-bond acceptors (Lipinski definition) is 3. The maximum Gasteiger partial charge on any atom is 0.0957 e. The van der Waals surface area contributed by atoms with E-state index in [2.05, 4.69) is 23.5 Å². The lowest BCUT2D eigenvalue weighted by Gasteiger charge is -2.15. The maximum absolute atomic E-state index is 9.12. The van der Waals surface area contributed by atoms with Crippen LogP contribution >= 0.6 is 0 Å². The van der Waals surface area contributed by atoms with Gasteiger partial charge in [-0.25, -0.2) is 0 Å². The van der Waals surface area contributed by atoms with Gasteiger partial charge in [0.2, 0.25) is 0 Å². The van der Waals surface area contributed by atoms with E-state index in [1.807, 2.05) is 18.2 Å². The van der Waals surface area contributed by atoms with Crippen LogP contribution in [0, 0.1) is 11.3 Å². The average Bonchev–Trinajstić information content (AvgIpc) is 2.93. The minimum atomic E-state index is -0.0746. The summed E-state index contributed by atoms with van der Waals surface area (Å²) in [4.78, 5) is 0. The van der Waals surface area contributed by atoms with E-state index in [1.165, 1.54) is 5.56 Å². The van der Waals surface area contributed by atoms with E-state index >= 15 is 0 Å². The van der Waals surface area contributed by atoms with Crippen LogP contribution in [-0.2, 0) is 11.2 Å². The quantitative estimate of drug-likeness (QED) is 0.835. The molecule has 0 radical (unpaired) electrons. The van der Waals surface area contributed by atoms with Gasteiger partial charge in [0.1, 0.15) is 0 Å². The normalized spacial score (nSPS) is 20.5. The van der Waals surface area contributed by atoms with E-state index in [4.69, 9.17) is 10.00 Å². The molecule has 1 aromatic rings. The summed E-state index contributed by atoms with van der Waals surface area (Å²) in [5.41, 5.74) is 1.29. The highest BCUT2D eigenvalue weighted by Crippen LogP contribution is 2.11. The molecule has 1 N–H and O–H groups in total. The number of benzene rings is 1. The van der Waals surface area contributed by atoms with Crippen LogP contribution in [0.1, 0.15) is 24.8 Å². The molecule has 1 aliphatic heterocycles. The van der Waals surface area contributed by atoms with Gasteiger partial charge in [-0.05, 0) is 31.2 Å². The Morgan fingerprint density at radius 1 is 1.39 bits per heavy atom. The zero-order chi connectivity index (χ0) is 12.6. The molecule has 0 aliphatic carbocycles. The predicted molar refractivity (Wildman–Crippen MR) is 71.1 cm³/mol. The molecule has 0 bridgehead atoms. The Kier molecular flexibility index (Phi) is 5.19. The van der Waals surface area contributed by atoms with E-state index in [9.17, 15) is 0 Å². The van der Waals surface area contributed by atoms with Gasteiger partial charge in [0.05, 0.1) is 18.2 Å². The molecule has 2 atom stereocenters. The molecule has 2 unspecified atom stereocenters. The molecule has 1 aliphatic rings. The molecule has 0 saturated carbocycles. The van der Waals surface area contributed by atoms with Crippen molar-refractivity contribution in [1.82, 2.24) is 5.32 Å². The fourth-order valence-electron chi connectivity index (χ4n) is 2.25. The summed E-state index contributed by atoms with van der Waals surface area (Å²) in [6.07, 6.45) is 4.36. The highest BCUT2D eigenvalue weighted by atomic mass is 16.5. The van der Waals surface area contributed by atoms with Crippen molar-refractivity contribution in [2.45, 2.75) is 37.8 Å². The van der Waals surface area contributed by atoms with Gasteiger partial charge in [-0.3, -0.25) is 5.32 Å². The zero-order valence-electron chi connectivity index (χ0n) is 10.6. The van der Waals surface area contributed by atoms with Crippen molar-refractivity contribution in [1.29, 1.82) is 5.26 Å². The van der Waals surface area contributed by atoms with Crippen molar-refractivity contribution < 1.29 is 4.74 Å². The van der Waals surface area contributed by atoms with Crippen molar-refractivity contribution in [3.8, 4) is 6.07 Å². The van der Waals surface area contributed by atoms with Crippen LogP contribution < -0.4 is 5.32 Å². The molecule has 1 saturated heterocycles. The fourth-order valence-corrected chi connectivity index (χ4v) is 2.25. The van der Waals surface area contributed by atoms with Crippen molar-refractivity contribution in [2.75, 3.05) is 13.2 Å². The Hall–Kier alpha value is -1.37. The van der Waals surface area contributed by atoms with Crippen LogP contribution in [-0.4, -0.2) is 25.3 Å². The van der Waals surface area contributed by atoms with Crippen LogP contribution in [0.4, 0.5) is 0 Å². The van der Waals surface area contributed by atoms with Gasteiger partial charge in [-0.2, -0.15) is 5.26 Å². The third kappa shape index (κ3) is 4.14. The van der Waals surface area contributed by atoms with Crippen molar-refractivity contribution in [3.05, 3.63) is 35.9 Å². The molecule has 18 heavy (non-hydrogen) atoms. The molecule has 1 heterocycles. The summed E-state index contributed by atoms with van der Waals surface area (Å²) in [6, 6.07) is 12.6. The largest absolute Gasteiger partial charge is 0.377 e. The van der Waals surface area contributed by atoms with Crippen molar-refractivity contribution in [2.24, 2.45) is 0 Å². The average molecular weight is 244 g/mol. The van der Waals surface area contributed by atoms with E-state index < -0.39 is 0 Å². The van der Waals surface area contributed by atoms with Crippen LogP contribution in [0.2, 0.25) is 0 Å². The summed E-state index contributed by atoms with van der Waals surface area (Å²) in [5.74, 6) is 0. The third-order valence-corrected chi connectivity index (χ3v) is 3.34. The van der Waals surface area contributed by atoms with Gasteiger partial charge in [-0.1, -0.05) is 30.3 Å². The van der Waals surface area contributed by atoms with Gasteiger partial charge in [0.15, 0.2) is 0 Å². The topological polar surface area (TPSA) is 45.0 Å². The first-order chi connectivity index (χ1) is 8.88. The SMILES string of the molecule is N#CC(CCc1ccccc1)NCC1CCCO1. The van der Waals surface area contributed by atoms with Gasteiger partial charge in [0.25, 0.3) is 0 Å². The Morgan fingerprint density at radius 2 is 2.22 bits per heavy atom. The Labute approximate surface area is 109 Å². The van der Waals surface area contributed by atoms with E-state index in [-0.39, 0.29) is 6.04 Å². The lowest BCUT2D eigenvalue weighted by Crippen LogP contribution is -2.34. The second-order valence-electron chi connectivity index (χ2n) is 4.75. The highest BCUT2D eigenvalue weighted by Gasteiger charge is 2.17. The number of hydrogen-bond donors (Lipinski definition) is 1. The molecule has 2 rings (SSSR count). The number of ether oxygens (including phenoxy) is 1. The van der Waals surface area contributed by atoms with E-state index in [0.29, 0.717) is 6.10 Å². The molecule has 3 nitrogen and oxygen atoms in total. The predicted octanol–water partition coefficient (Wildman–Crippen LogP) is 2.28. The number of rotatable bonds is 6. The first-order valence-corrected chi connectivity index (χ1v) is 6.67. The van der Waals surface area contributed by atoms with Crippen LogP contribution in [0.25, 0.3) is 0 Å². The third-order valence-electron chi connectivity index (χ3n) is 3.34. The first-order valence-electron chi connectivity index (χ1n) is 6.67. The fraction of sp³-hybridized carbons (Fsp3) is 0.533. The molecule has 0 spiro atoms. The van der Waals surface area contributed by atoms with Crippen molar-refractivity contribution >= 4 is 0 Å². The number of nitrogens with zero attached hydrogens (tertiary/aromatic N) is 1. The van der Waals surface area contributed by atoms with Gasteiger partial charge in [0, 0.05) is 13.2 Å². The first kappa shape index (κ1) is 13.1. The summed E-state index contributed by atoms with van der Waals surface area (Å²) in [5, 5.41) is 12.4. The summed E-state index contributed by atoms with van der Waals surface area (Å²) in [7, 11) is 0. The smallest absolute Gasteiger partial charge is 0.0957 e. The summed E-state index contributed by atoms with van der Waals surface area (Å²) >= 11 is 0.